The van der Waals surface area contributed by atoms with Crippen LogP contribution in [0.5, 0.6) is 0 Å². The summed E-state index contributed by atoms with van der Waals surface area (Å²) in [6.07, 6.45) is 1.34. The summed E-state index contributed by atoms with van der Waals surface area (Å²) in [5.41, 5.74) is 0.848. The Kier molecular flexibility index (Phi) is 4.64. The van der Waals surface area contributed by atoms with E-state index in [0.717, 1.165) is 23.3 Å². The van der Waals surface area contributed by atoms with Crippen molar-refractivity contribution in [2.75, 3.05) is 0 Å². The molecule has 0 fully saturated rings. The summed E-state index contributed by atoms with van der Waals surface area (Å²) in [6, 6.07) is 12.7. The summed E-state index contributed by atoms with van der Waals surface area (Å²) in [6.45, 7) is 5.25. The van der Waals surface area contributed by atoms with Crippen LogP contribution in [0.4, 0.5) is 17.6 Å². The first-order chi connectivity index (χ1) is 12.3. The van der Waals surface area contributed by atoms with E-state index < -0.39 is 34.4 Å². The molecular weight excluding hydrogens is 342 g/mol. The zero-order chi connectivity index (χ0) is 18.9. The molecule has 1 heterocycles. The van der Waals surface area contributed by atoms with Crippen molar-refractivity contribution in [1.82, 2.24) is 4.98 Å². The minimum Gasteiger partial charge on any atom is -0.254 e. The van der Waals surface area contributed by atoms with Gasteiger partial charge in [-0.15, -0.1) is 0 Å². The molecule has 1 aromatic heterocycles. The van der Waals surface area contributed by atoms with Crippen LogP contribution in [0.1, 0.15) is 16.8 Å². The molecular formula is C21H15F4N. The molecule has 0 bridgehead atoms. The van der Waals surface area contributed by atoms with E-state index in [4.69, 9.17) is 0 Å². The van der Waals surface area contributed by atoms with Gasteiger partial charge in [0.05, 0.1) is 0 Å². The van der Waals surface area contributed by atoms with Crippen LogP contribution in [0.2, 0.25) is 0 Å². The number of rotatable bonds is 4. The molecule has 0 saturated carbocycles. The molecule has 0 radical (unpaired) electrons. The van der Waals surface area contributed by atoms with E-state index in [9.17, 15) is 17.6 Å². The van der Waals surface area contributed by atoms with Crippen LogP contribution in [-0.2, 0) is 5.92 Å². The Labute approximate surface area is 148 Å². The molecule has 132 valence electrons. The number of halogens is 4. The van der Waals surface area contributed by atoms with E-state index in [1.54, 1.807) is 0 Å². The number of nitrogens with zero attached hydrogens (tertiary/aromatic N) is 1. The molecule has 0 spiro atoms. The maximum absolute atomic E-state index is 14.7. The lowest BCUT2D eigenvalue weighted by molar-refractivity contribution is 0.0594. The van der Waals surface area contributed by atoms with E-state index in [1.807, 2.05) is 31.2 Å². The standard InChI is InChI=1S/C21H15F4N/c1-13-3-5-15(6-4-13)16-7-10-20(26-12-16)21(24,25)14(2)18-9-8-17(22)11-19(18)23/h3-12H,2H2,1H3. The predicted molar refractivity (Wildman–Crippen MR) is 93.7 cm³/mol. The number of benzene rings is 2. The van der Waals surface area contributed by atoms with Crippen molar-refractivity contribution >= 4 is 5.57 Å². The lowest BCUT2D eigenvalue weighted by Crippen LogP contribution is -2.18. The summed E-state index contributed by atoms with van der Waals surface area (Å²) in [7, 11) is 0. The van der Waals surface area contributed by atoms with E-state index >= 15 is 0 Å². The fraction of sp³-hybridized carbons (Fsp3) is 0.0952. The van der Waals surface area contributed by atoms with Crippen molar-refractivity contribution < 1.29 is 17.6 Å². The van der Waals surface area contributed by atoms with Gasteiger partial charge in [0.2, 0.25) is 0 Å². The van der Waals surface area contributed by atoms with Crippen molar-refractivity contribution in [3.8, 4) is 11.1 Å². The van der Waals surface area contributed by atoms with Gasteiger partial charge >= 0.3 is 5.92 Å². The second-order valence-electron chi connectivity index (χ2n) is 5.98. The number of aryl methyl sites for hydroxylation is 1. The average molecular weight is 357 g/mol. The number of aromatic nitrogens is 1. The molecule has 3 rings (SSSR count). The first-order valence-electron chi connectivity index (χ1n) is 7.85. The Hall–Kier alpha value is -2.95. The Balaban J connectivity index is 1.91. The van der Waals surface area contributed by atoms with E-state index in [1.165, 1.54) is 18.3 Å². The summed E-state index contributed by atoms with van der Waals surface area (Å²) >= 11 is 0. The Morgan fingerprint density at radius 3 is 2.15 bits per heavy atom. The molecule has 0 amide bonds. The highest BCUT2D eigenvalue weighted by molar-refractivity contribution is 5.71. The average Bonchev–Trinajstić information content (AvgIpc) is 2.62. The Bertz CT molecular complexity index is 945. The molecule has 0 unspecified atom stereocenters. The van der Waals surface area contributed by atoms with Gasteiger partial charge in [0.15, 0.2) is 0 Å². The highest BCUT2D eigenvalue weighted by Gasteiger charge is 2.38. The van der Waals surface area contributed by atoms with Crippen LogP contribution in [-0.4, -0.2) is 4.98 Å². The number of allylic oxidation sites excluding steroid dienone is 1. The van der Waals surface area contributed by atoms with Gasteiger partial charge < -0.3 is 0 Å². The third kappa shape index (κ3) is 3.38. The molecule has 5 heteroatoms. The molecule has 3 aromatic rings. The lowest BCUT2D eigenvalue weighted by Gasteiger charge is -2.19. The zero-order valence-electron chi connectivity index (χ0n) is 13.9. The Morgan fingerprint density at radius 2 is 1.58 bits per heavy atom. The van der Waals surface area contributed by atoms with Gasteiger partial charge in [-0.25, -0.2) is 8.78 Å². The minimum atomic E-state index is -3.59. The number of hydrogen-bond donors (Lipinski definition) is 0. The minimum absolute atomic E-state index is 0.444. The second kappa shape index (κ2) is 6.75. The molecule has 2 aromatic carbocycles. The van der Waals surface area contributed by atoms with Gasteiger partial charge in [0, 0.05) is 29.0 Å². The topological polar surface area (TPSA) is 12.9 Å². The first-order valence-corrected chi connectivity index (χ1v) is 7.85. The van der Waals surface area contributed by atoms with Gasteiger partial charge in [-0.1, -0.05) is 42.5 Å². The third-order valence-corrected chi connectivity index (χ3v) is 4.11. The van der Waals surface area contributed by atoms with Crippen molar-refractivity contribution in [3.63, 3.8) is 0 Å². The maximum Gasteiger partial charge on any atom is 0.315 e. The van der Waals surface area contributed by atoms with Crippen LogP contribution < -0.4 is 0 Å². The van der Waals surface area contributed by atoms with Gasteiger partial charge in [0.25, 0.3) is 0 Å². The van der Waals surface area contributed by atoms with Crippen molar-refractivity contribution in [2.45, 2.75) is 12.8 Å². The molecule has 0 aliphatic rings. The monoisotopic (exact) mass is 357 g/mol. The van der Waals surface area contributed by atoms with Gasteiger partial charge in [-0.05, 0) is 30.7 Å². The smallest absolute Gasteiger partial charge is 0.254 e. The van der Waals surface area contributed by atoms with Crippen molar-refractivity contribution in [3.05, 3.63) is 95.8 Å². The van der Waals surface area contributed by atoms with Crippen LogP contribution in [0, 0.1) is 18.6 Å². The molecule has 26 heavy (non-hydrogen) atoms. The van der Waals surface area contributed by atoms with Crippen LogP contribution in [0.15, 0.2) is 67.4 Å². The maximum atomic E-state index is 14.7. The van der Waals surface area contributed by atoms with Crippen LogP contribution >= 0.6 is 0 Å². The third-order valence-electron chi connectivity index (χ3n) is 4.11. The highest BCUT2D eigenvalue weighted by atomic mass is 19.3. The summed E-state index contributed by atoms with van der Waals surface area (Å²) in [5.74, 6) is -5.53. The molecule has 0 aliphatic carbocycles. The fourth-order valence-corrected chi connectivity index (χ4v) is 2.55. The Morgan fingerprint density at radius 1 is 0.923 bits per heavy atom. The lowest BCUT2D eigenvalue weighted by atomic mass is 9.97. The van der Waals surface area contributed by atoms with Gasteiger partial charge in [0.1, 0.15) is 17.3 Å². The van der Waals surface area contributed by atoms with Crippen molar-refractivity contribution in [1.29, 1.82) is 0 Å². The molecule has 0 atom stereocenters. The molecule has 0 aliphatic heterocycles. The number of alkyl halides is 2. The number of hydrogen-bond acceptors (Lipinski definition) is 1. The summed E-state index contributed by atoms with van der Waals surface area (Å²) in [5, 5.41) is 0. The highest BCUT2D eigenvalue weighted by Crippen LogP contribution is 2.40. The predicted octanol–water partition coefficient (Wildman–Crippen LogP) is 6.14. The molecule has 1 nitrogen and oxygen atoms in total. The SMILES string of the molecule is C=C(c1ccc(F)cc1F)C(F)(F)c1ccc(-c2ccc(C)cc2)cn1. The second-order valence-corrected chi connectivity index (χ2v) is 5.98. The van der Waals surface area contributed by atoms with E-state index in [0.29, 0.717) is 11.6 Å². The largest absolute Gasteiger partial charge is 0.315 e. The van der Waals surface area contributed by atoms with Crippen molar-refractivity contribution in [2.24, 2.45) is 0 Å². The van der Waals surface area contributed by atoms with Gasteiger partial charge in [-0.3, -0.25) is 4.98 Å². The summed E-state index contributed by atoms with van der Waals surface area (Å²) in [4.78, 5) is 3.84. The quantitative estimate of drug-likeness (QED) is 0.511. The molecule has 0 N–H and O–H groups in total. The van der Waals surface area contributed by atoms with Crippen LogP contribution in [0.25, 0.3) is 16.7 Å². The normalized spacial score (nSPS) is 11.4. The fourth-order valence-electron chi connectivity index (χ4n) is 2.55. The molecule has 0 saturated heterocycles. The van der Waals surface area contributed by atoms with Gasteiger partial charge in [-0.2, -0.15) is 8.78 Å². The van der Waals surface area contributed by atoms with Crippen LogP contribution in [0.3, 0.4) is 0 Å². The number of pyridine rings is 1. The first kappa shape index (κ1) is 17.9. The van der Waals surface area contributed by atoms with E-state index in [-0.39, 0.29) is 0 Å². The zero-order valence-corrected chi connectivity index (χ0v) is 13.9. The van der Waals surface area contributed by atoms with E-state index in [2.05, 4.69) is 11.6 Å². The summed E-state index contributed by atoms with van der Waals surface area (Å²) < 4.78 is 56.2.